The molecule has 0 aromatic rings. The van der Waals surface area contributed by atoms with E-state index in [4.69, 9.17) is 0 Å². The number of aliphatic hydroxyl groups excluding tert-OH is 3. The van der Waals surface area contributed by atoms with Gasteiger partial charge in [-0.05, 0) is 97.7 Å². The molecule has 12 heteroatoms. The monoisotopic (exact) mass is 566 g/mol. The van der Waals surface area contributed by atoms with Crippen molar-refractivity contribution in [2.24, 2.45) is 51.6 Å². The van der Waals surface area contributed by atoms with Crippen molar-refractivity contribution in [3.63, 3.8) is 0 Å². The first kappa shape index (κ1) is 32.4. The molecule has 10 nitrogen and oxygen atoms in total. The molecular weight excluding hydrogens is 523 g/mol. The summed E-state index contributed by atoms with van der Waals surface area (Å²) in [6.07, 6.45) is 4.66. The molecule has 4 rings (SSSR count). The number of fused-ring (bicyclic) bond motifs is 5. The van der Waals surface area contributed by atoms with Gasteiger partial charge in [-0.25, -0.2) is 8.42 Å². The van der Waals surface area contributed by atoms with Crippen LogP contribution in [-0.2, 0) is 14.9 Å². The Bertz CT molecular complexity index is 984. The summed E-state index contributed by atoms with van der Waals surface area (Å²) in [4.78, 5) is 23.5. The zero-order chi connectivity index (χ0) is 27.3. The zero-order valence-corrected chi connectivity index (χ0v) is 26.0. The number of rotatable bonds is 8. The molecule has 4 aliphatic carbocycles. The van der Waals surface area contributed by atoms with E-state index in [1.165, 1.54) is 0 Å². The van der Waals surface area contributed by atoms with Crippen LogP contribution in [0, 0.1) is 51.2 Å². The number of nitroso groups, excluding NO2 is 1. The predicted molar refractivity (Wildman–Crippen MR) is 134 cm³/mol. The molecule has 0 heterocycles. The van der Waals surface area contributed by atoms with Gasteiger partial charge in [0.15, 0.2) is 0 Å². The zero-order valence-electron chi connectivity index (χ0n) is 23.2. The molecule has 0 bridgehead atoms. The molecule has 0 spiro atoms. The van der Waals surface area contributed by atoms with Crippen LogP contribution in [0.1, 0.15) is 78.6 Å². The summed E-state index contributed by atoms with van der Waals surface area (Å²) < 4.78 is 32.6. The van der Waals surface area contributed by atoms with Crippen molar-refractivity contribution in [3.8, 4) is 0 Å². The maximum Gasteiger partial charge on any atom is 1.00 e. The SMILES string of the molecule is C[C@@H](CCC(=O)N(CCS(=O)(=O)[O-])N=O)[C@H]1CCC2C3C(O)CC4C[C@H](O)CCC4(C)C3CC(O)C21C.[Na+]. The van der Waals surface area contributed by atoms with Gasteiger partial charge in [-0.3, -0.25) is 4.79 Å². The maximum atomic E-state index is 12.5. The Morgan fingerprint density at radius 1 is 1.11 bits per heavy atom. The third-order valence-electron chi connectivity index (χ3n) is 11.3. The Morgan fingerprint density at radius 3 is 2.42 bits per heavy atom. The van der Waals surface area contributed by atoms with E-state index >= 15 is 0 Å². The van der Waals surface area contributed by atoms with E-state index < -0.39 is 45.9 Å². The number of amides is 1. The van der Waals surface area contributed by atoms with Crippen molar-refractivity contribution in [1.29, 1.82) is 0 Å². The summed E-state index contributed by atoms with van der Waals surface area (Å²) in [5.41, 5.74) is -0.397. The normalized spacial score (nSPS) is 43.1. The van der Waals surface area contributed by atoms with E-state index in [2.05, 4.69) is 19.1 Å². The molecule has 0 aromatic carbocycles. The third-order valence-corrected chi connectivity index (χ3v) is 12.0. The van der Waals surface area contributed by atoms with Crippen LogP contribution in [-0.4, -0.2) is 69.8 Å². The molecule has 38 heavy (non-hydrogen) atoms. The summed E-state index contributed by atoms with van der Waals surface area (Å²) in [7, 11) is -4.57. The minimum Gasteiger partial charge on any atom is -0.748 e. The number of hydrogen-bond acceptors (Lipinski definition) is 9. The second-order valence-corrected chi connectivity index (χ2v) is 14.4. The fraction of sp³-hybridized carbons (Fsp3) is 0.962. The summed E-state index contributed by atoms with van der Waals surface area (Å²) >= 11 is 0. The first-order valence-electron chi connectivity index (χ1n) is 13.8. The molecule has 4 fully saturated rings. The van der Waals surface area contributed by atoms with E-state index in [0.717, 1.165) is 32.1 Å². The summed E-state index contributed by atoms with van der Waals surface area (Å²) in [5, 5.41) is 36.4. The minimum absolute atomic E-state index is 0. The van der Waals surface area contributed by atoms with Crippen molar-refractivity contribution in [2.75, 3.05) is 12.3 Å². The van der Waals surface area contributed by atoms with Gasteiger partial charge >= 0.3 is 29.6 Å². The van der Waals surface area contributed by atoms with E-state index in [0.29, 0.717) is 24.3 Å². The van der Waals surface area contributed by atoms with Gasteiger partial charge in [-0.1, -0.05) is 20.8 Å². The molecule has 0 saturated heterocycles. The second-order valence-electron chi connectivity index (χ2n) is 12.9. The minimum atomic E-state index is -4.57. The molecule has 11 atom stereocenters. The van der Waals surface area contributed by atoms with Gasteiger partial charge in [0.05, 0.1) is 46.0 Å². The van der Waals surface area contributed by atoms with Crippen molar-refractivity contribution in [2.45, 2.75) is 96.9 Å². The van der Waals surface area contributed by atoms with E-state index in [-0.39, 0.29) is 83.0 Å². The van der Waals surface area contributed by atoms with Crippen LogP contribution >= 0.6 is 0 Å². The molecule has 0 aliphatic heterocycles. The molecule has 1 amide bonds. The average molecular weight is 567 g/mol. The molecule has 0 aromatic heterocycles. The van der Waals surface area contributed by atoms with Crippen molar-refractivity contribution < 1.29 is 62.6 Å². The predicted octanol–water partition coefficient (Wildman–Crippen LogP) is -0.577. The molecule has 4 saturated carbocycles. The quantitative estimate of drug-likeness (QED) is 0.152. The van der Waals surface area contributed by atoms with Crippen molar-refractivity contribution in [1.82, 2.24) is 5.01 Å². The van der Waals surface area contributed by atoms with Crippen LogP contribution in [0.5, 0.6) is 0 Å². The first-order chi connectivity index (χ1) is 17.2. The Hall–Kier alpha value is -0.140. The molecule has 8 unspecified atom stereocenters. The van der Waals surface area contributed by atoms with Gasteiger partial charge < -0.3 is 19.9 Å². The molecule has 4 aliphatic rings. The summed E-state index contributed by atoms with van der Waals surface area (Å²) in [6, 6.07) is 0. The van der Waals surface area contributed by atoms with Crippen LogP contribution in [0.3, 0.4) is 0 Å². The number of aliphatic hydroxyl groups is 3. The van der Waals surface area contributed by atoms with Crippen LogP contribution in [0.4, 0.5) is 0 Å². The Kier molecular flexibility index (Phi) is 10.2. The summed E-state index contributed by atoms with van der Waals surface area (Å²) in [6.45, 7) is 5.93. The standard InChI is InChI=1S/C26H44N2O8S.Na/c1-15(4-7-23(32)28(27-33)10-11-37(34,35)36)18-5-6-19-24-20(14-22(31)26(18,19)3)25(2)9-8-17(29)12-16(25)13-21(24)30;/h15-22,24,29-31H,4-14H2,1-3H3,(H,34,35,36);/q;+1/p-1/t15-,16?,17+,18+,19?,20?,21?,22?,24?,25?,26?;/m0./s1. The molecule has 3 N–H and O–H groups in total. The smallest absolute Gasteiger partial charge is 0.748 e. The Labute approximate surface area is 248 Å². The van der Waals surface area contributed by atoms with Crippen LogP contribution < -0.4 is 29.6 Å². The van der Waals surface area contributed by atoms with Gasteiger partial charge in [-0.15, -0.1) is 4.91 Å². The van der Waals surface area contributed by atoms with Crippen LogP contribution in [0.25, 0.3) is 0 Å². The van der Waals surface area contributed by atoms with E-state index in [1.54, 1.807) is 0 Å². The van der Waals surface area contributed by atoms with Crippen LogP contribution in [0.2, 0.25) is 0 Å². The third kappa shape index (κ3) is 5.91. The molecular formula is C26H43N2NaO8S. The Morgan fingerprint density at radius 2 is 1.79 bits per heavy atom. The van der Waals surface area contributed by atoms with E-state index in [1.807, 2.05) is 6.92 Å². The van der Waals surface area contributed by atoms with Gasteiger partial charge in [0.2, 0.25) is 5.91 Å². The number of nitrogens with zero attached hydrogens (tertiary/aromatic N) is 2. The number of carbonyl (C=O) groups excluding carboxylic acids is 1. The summed E-state index contributed by atoms with van der Waals surface area (Å²) in [5.74, 6) is -0.553. The second kappa shape index (κ2) is 12.0. The maximum absolute atomic E-state index is 12.5. The fourth-order valence-corrected chi connectivity index (χ4v) is 9.62. The van der Waals surface area contributed by atoms with Gasteiger partial charge in [0, 0.05) is 6.42 Å². The number of hydrogen-bond donors (Lipinski definition) is 3. The number of carbonyl (C=O) groups is 1. The van der Waals surface area contributed by atoms with Gasteiger partial charge in [0.1, 0.15) is 0 Å². The van der Waals surface area contributed by atoms with Crippen molar-refractivity contribution >= 4 is 16.0 Å². The topological polar surface area (TPSA) is 168 Å². The van der Waals surface area contributed by atoms with Gasteiger partial charge in [0.25, 0.3) is 0 Å². The first-order valence-corrected chi connectivity index (χ1v) is 15.4. The Balaban J connectivity index is 0.00000400. The molecule has 0 radical (unpaired) electrons. The largest absolute Gasteiger partial charge is 1.00 e. The van der Waals surface area contributed by atoms with Gasteiger partial charge in [-0.2, -0.15) is 5.01 Å². The van der Waals surface area contributed by atoms with E-state index in [9.17, 15) is 38.0 Å². The average Bonchev–Trinajstić information content (AvgIpc) is 3.17. The fourth-order valence-electron chi connectivity index (χ4n) is 9.22. The van der Waals surface area contributed by atoms with Crippen molar-refractivity contribution in [3.05, 3.63) is 4.91 Å². The molecule has 212 valence electrons. The van der Waals surface area contributed by atoms with Crippen LogP contribution in [0.15, 0.2) is 5.29 Å².